The minimum atomic E-state index is 0.0902. The highest BCUT2D eigenvalue weighted by atomic mass is 35.5. The first-order valence-corrected chi connectivity index (χ1v) is 8.19. The van der Waals surface area contributed by atoms with E-state index < -0.39 is 0 Å². The third-order valence-corrected chi connectivity index (χ3v) is 4.28. The number of hydrogen-bond donors (Lipinski definition) is 1. The number of pyridine rings is 1. The minimum absolute atomic E-state index is 0.0902. The molecule has 1 N–H and O–H groups in total. The number of rotatable bonds is 5. The summed E-state index contributed by atoms with van der Waals surface area (Å²) < 4.78 is 0.828. The molecule has 114 valence electrons. The molecule has 2 aromatic rings. The summed E-state index contributed by atoms with van der Waals surface area (Å²) in [4.78, 5) is 7.95. The van der Waals surface area contributed by atoms with Crippen molar-refractivity contribution in [2.45, 2.75) is 39.4 Å². The fraction of sp³-hybridized carbons (Fsp3) is 0.438. The quantitative estimate of drug-likeness (QED) is 0.888. The second-order valence-electron chi connectivity index (χ2n) is 6.15. The predicted molar refractivity (Wildman–Crippen MR) is 92.3 cm³/mol. The molecule has 0 spiro atoms. The number of thiophene rings is 1. The van der Waals surface area contributed by atoms with Crippen molar-refractivity contribution >= 4 is 28.8 Å². The van der Waals surface area contributed by atoms with E-state index in [1.807, 2.05) is 18.3 Å². The van der Waals surface area contributed by atoms with Crippen molar-refractivity contribution in [3.05, 3.63) is 45.2 Å². The Labute approximate surface area is 136 Å². The van der Waals surface area contributed by atoms with Gasteiger partial charge in [0.25, 0.3) is 0 Å². The Morgan fingerprint density at radius 3 is 2.67 bits per heavy atom. The van der Waals surface area contributed by atoms with Crippen molar-refractivity contribution in [3.63, 3.8) is 0 Å². The van der Waals surface area contributed by atoms with Gasteiger partial charge in [-0.05, 0) is 39.0 Å². The van der Waals surface area contributed by atoms with E-state index in [2.05, 4.69) is 55.2 Å². The van der Waals surface area contributed by atoms with Crippen LogP contribution in [0.4, 0.5) is 5.82 Å². The highest BCUT2D eigenvalue weighted by Crippen LogP contribution is 2.25. The van der Waals surface area contributed by atoms with Crippen molar-refractivity contribution in [1.82, 2.24) is 10.3 Å². The first kappa shape index (κ1) is 16.3. The summed E-state index contributed by atoms with van der Waals surface area (Å²) in [6.07, 6.45) is 1.84. The van der Waals surface area contributed by atoms with Crippen molar-refractivity contribution in [1.29, 1.82) is 0 Å². The molecule has 0 radical (unpaired) electrons. The second-order valence-corrected chi connectivity index (χ2v) is 7.95. The van der Waals surface area contributed by atoms with Gasteiger partial charge < -0.3 is 10.2 Å². The summed E-state index contributed by atoms with van der Waals surface area (Å²) in [7, 11) is 2.07. The fourth-order valence-corrected chi connectivity index (χ4v) is 3.16. The van der Waals surface area contributed by atoms with Gasteiger partial charge in [0, 0.05) is 35.8 Å². The smallest absolute Gasteiger partial charge is 0.133 e. The first-order chi connectivity index (χ1) is 9.85. The largest absolute Gasteiger partial charge is 0.354 e. The minimum Gasteiger partial charge on any atom is -0.354 e. The standard InChI is InChI=1S/C16H22ClN3S/c1-16(2,3)19-10-12-6-5-9-18-15(12)20(4)11-13-7-8-14(17)21-13/h5-9,19H,10-11H2,1-4H3. The molecule has 0 atom stereocenters. The maximum Gasteiger partial charge on any atom is 0.133 e. The SMILES string of the molecule is CN(Cc1ccc(Cl)s1)c1ncccc1CNC(C)(C)C. The van der Waals surface area contributed by atoms with E-state index in [4.69, 9.17) is 11.6 Å². The molecule has 0 fully saturated rings. The highest BCUT2D eigenvalue weighted by molar-refractivity contribution is 7.16. The van der Waals surface area contributed by atoms with Crippen LogP contribution in [0.2, 0.25) is 4.34 Å². The van der Waals surface area contributed by atoms with Crippen LogP contribution in [0.15, 0.2) is 30.5 Å². The molecule has 3 nitrogen and oxygen atoms in total. The fourth-order valence-electron chi connectivity index (χ4n) is 2.02. The summed E-state index contributed by atoms with van der Waals surface area (Å²) in [5, 5.41) is 3.52. The van der Waals surface area contributed by atoms with Gasteiger partial charge in [0.15, 0.2) is 0 Å². The lowest BCUT2D eigenvalue weighted by Gasteiger charge is -2.24. The summed E-state index contributed by atoms with van der Waals surface area (Å²) in [6, 6.07) is 8.12. The van der Waals surface area contributed by atoms with Crippen LogP contribution in [0.25, 0.3) is 0 Å². The van der Waals surface area contributed by atoms with E-state index in [1.165, 1.54) is 10.4 Å². The molecular weight excluding hydrogens is 302 g/mol. The van der Waals surface area contributed by atoms with Gasteiger partial charge >= 0.3 is 0 Å². The molecule has 0 aliphatic rings. The van der Waals surface area contributed by atoms with Crippen LogP contribution < -0.4 is 10.2 Å². The number of anilines is 1. The highest BCUT2D eigenvalue weighted by Gasteiger charge is 2.13. The third-order valence-electron chi connectivity index (χ3n) is 3.06. The monoisotopic (exact) mass is 323 g/mol. The Kier molecular flexibility index (Phi) is 5.25. The number of halogens is 1. The van der Waals surface area contributed by atoms with Gasteiger partial charge in [0.2, 0.25) is 0 Å². The Morgan fingerprint density at radius 1 is 1.29 bits per heavy atom. The lowest BCUT2D eigenvalue weighted by atomic mass is 10.1. The Bertz CT molecular complexity index is 589. The molecule has 0 aliphatic heterocycles. The molecule has 0 unspecified atom stereocenters. The molecule has 0 aromatic carbocycles. The molecule has 2 heterocycles. The molecule has 0 bridgehead atoms. The molecule has 2 rings (SSSR count). The van der Waals surface area contributed by atoms with Crippen molar-refractivity contribution < 1.29 is 0 Å². The molecule has 21 heavy (non-hydrogen) atoms. The van der Waals surface area contributed by atoms with Crippen LogP contribution in [0.1, 0.15) is 31.2 Å². The van der Waals surface area contributed by atoms with Crippen LogP contribution in [-0.2, 0) is 13.1 Å². The molecular formula is C16H22ClN3S. The number of aromatic nitrogens is 1. The van der Waals surface area contributed by atoms with E-state index in [-0.39, 0.29) is 5.54 Å². The molecule has 5 heteroatoms. The summed E-state index contributed by atoms with van der Waals surface area (Å²) in [5.41, 5.74) is 1.30. The van der Waals surface area contributed by atoms with Gasteiger partial charge in [-0.15, -0.1) is 11.3 Å². The Hall–Kier alpha value is -1.10. The van der Waals surface area contributed by atoms with Crippen molar-refractivity contribution in [3.8, 4) is 0 Å². The molecule has 0 saturated carbocycles. The maximum atomic E-state index is 6.00. The van der Waals surface area contributed by atoms with Crippen molar-refractivity contribution in [2.24, 2.45) is 0 Å². The van der Waals surface area contributed by atoms with E-state index in [0.29, 0.717) is 0 Å². The summed E-state index contributed by atoms with van der Waals surface area (Å²) in [5.74, 6) is 1.01. The van der Waals surface area contributed by atoms with E-state index >= 15 is 0 Å². The second kappa shape index (κ2) is 6.77. The zero-order chi connectivity index (χ0) is 15.5. The van der Waals surface area contributed by atoms with Gasteiger partial charge in [-0.2, -0.15) is 0 Å². The van der Waals surface area contributed by atoms with Crippen LogP contribution in [0.3, 0.4) is 0 Å². The van der Waals surface area contributed by atoms with Crippen LogP contribution in [0, 0.1) is 0 Å². The maximum absolute atomic E-state index is 6.00. The number of hydrogen-bond acceptors (Lipinski definition) is 4. The predicted octanol–water partition coefficient (Wildman–Crippen LogP) is 4.32. The van der Waals surface area contributed by atoms with Crippen LogP contribution >= 0.6 is 22.9 Å². The topological polar surface area (TPSA) is 28.2 Å². The van der Waals surface area contributed by atoms with Gasteiger partial charge in [0.05, 0.1) is 10.9 Å². The Balaban J connectivity index is 2.11. The third kappa shape index (κ3) is 4.99. The zero-order valence-corrected chi connectivity index (χ0v) is 14.6. The van der Waals surface area contributed by atoms with Gasteiger partial charge in [-0.25, -0.2) is 4.98 Å². The normalized spacial score (nSPS) is 11.7. The lowest BCUT2D eigenvalue weighted by molar-refractivity contribution is 0.424. The first-order valence-electron chi connectivity index (χ1n) is 6.99. The van der Waals surface area contributed by atoms with E-state index in [0.717, 1.165) is 23.2 Å². The summed E-state index contributed by atoms with van der Waals surface area (Å²) in [6.45, 7) is 8.13. The number of nitrogens with zero attached hydrogens (tertiary/aromatic N) is 2. The van der Waals surface area contributed by atoms with Gasteiger partial charge in [0.1, 0.15) is 5.82 Å². The van der Waals surface area contributed by atoms with Crippen LogP contribution in [-0.4, -0.2) is 17.6 Å². The molecule has 0 amide bonds. The zero-order valence-electron chi connectivity index (χ0n) is 13.0. The van der Waals surface area contributed by atoms with E-state index in [9.17, 15) is 0 Å². The Morgan fingerprint density at radius 2 is 2.05 bits per heavy atom. The van der Waals surface area contributed by atoms with Gasteiger partial charge in [-0.3, -0.25) is 0 Å². The lowest BCUT2D eigenvalue weighted by Crippen LogP contribution is -2.35. The van der Waals surface area contributed by atoms with Crippen LogP contribution in [0.5, 0.6) is 0 Å². The molecule has 2 aromatic heterocycles. The molecule has 0 aliphatic carbocycles. The average molecular weight is 324 g/mol. The number of nitrogens with one attached hydrogen (secondary N) is 1. The molecule has 0 saturated heterocycles. The van der Waals surface area contributed by atoms with Gasteiger partial charge in [-0.1, -0.05) is 17.7 Å². The van der Waals surface area contributed by atoms with Crippen molar-refractivity contribution in [2.75, 3.05) is 11.9 Å². The van der Waals surface area contributed by atoms with E-state index in [1.54, 1.807) is 11.3 Å². The summed E-state index contributed by atoms with van der Waals surface area (Å²) >= 11 is 7.61. The average Bonchev–Trinajstić information content (AvgIpc) is 2.81.